The lowest BCUT2D eigenvalue weighted by molar-refractivity contribution is 0.647. The summed E-state index contributed by atoms with van der Waals surface area (Å²) in [6, 6.07) is 3.97. The van der Waals surface area contributed by atoms with Crippen LogP contribution in [0.1, 0.15) is 5.56 Å². The van der Waals surface area contributed by atoms with Gasteiger partial charge in [0.2, 0.25) is 0 Å². The summed E-state index contributed by atoms with van der Waals surface area (Å²) in [7, 11) is -1.40. The van der Waals surface area contributed by atoms with Gasteiger partial charge in [0.1, 0.15) is 18.7 Å². The zero-order chi connectivity index (χ0) is 11.2. The van der Waals surface area contributed by atoms with Gasteiger partial charge in [0.05, 0.1) is 5.38 Å². The lowest BCUT2D eigenvalue weighted by Gasteiger charge is -2.10. The Morgan fingerprint density at radius 3 is 2.53 bits per heavy atom. The van der Waals surface area contributed by atoms with Gasteiger partial charge in [-0.15, -0.1) is 0 Å². The van der Waals surface area contributed by atoms with Gasteiger partial charge in [-0.3, -0.25) is 0 Å². The van der Waals surface area contributed by atoms with Gasteiger partial charge >= 0.3 is 0 Å². The summed E-state index contributed by atoms with van der Waals surface area (Å²) in [6.45, 7) is 8.68. The molecule has 0 aliphatic heterocycles. The van der Waals surface area contributed by atoms with E-state index in [1.807, 2.05) is 19.1 Å². The van der Waals surface area contributed by atoms with Crippen LogP contribution in [0.2, 0.25) is 24.8 Å². The van der Waals surface area contributed by atoms with Gasteiger partial charge in [0.25, 0.3) is 0 Å². The number of pyridine rings is 1. The average Bonchev–Trinajstić information content (AvgIpc) is 2.47. The fourth-order valence-corrected chi connectivity index (χ4v) is 2.54. The first kappa shape index (κ1) is 10.7. The summed E-state index contributed by atoms with van der Waals surface area (Å²) >= 11 is 5.97. The van der Waals surface area contributed by atoms with E-state index in [0.29, 0.717) is 5.15 Å². The Morgan fingerprint density at radius 2 is 1.93 bits per heavy atom. The van der Waals surface area contributed by atoms with Gasteiger partial charge in [-0.1, -0.05) is 31.2 Å². The van der Waals surface area contributed by atoms with Crippen LogP contribution in [0, 0.1) is 6.92 Å². The standard InChI is InChI=1S/C11H14ClNOSi/c1-7-5-9-8(13-11(7)12)6-10(14-9)15(2,3)4/h5-6H,1-4H3. The first-order valence-corrected chi connectivity index (χ1v) is 8.83. The minimum Gasteiger partial charge on any atom is -0.465 e. The topological polar surface area (TPSA) is 26.0 Å². The lowest BCUT2D eigenvalue weighted by atomic mass is 10.3. The second kappa shape index (κ2) is 3.35. The Labute approximate surface area is 95.3 Å². The van der Waals surface area contributed by atoms with Gasteiger partial charge in [-0.25, -0.2) is 4.98 Å². The Morgan fingerprint density at radius 1 is 1.27 bits per heavy atom. The van der Waals surface area contributed by atoms with Crippen molar-refractivity contribution in [2.75, 3.05) is 0 Å². The van der Waals surface area contributed by atoms with Crippen molar-refractivity contribution in [2.45, 2.75) is 26.6 Å². The predicted octanol–water partition coefficient (Wildman–Crippen LogP) is 3.33. The second-order valence-electron chi connectivity index (χ2n) is 4.84. The molecule has 15 heavy (non-hydrogen) atoms. The molecule has 0 N–H and O–H groups in total. The molecule has 0 saturated heterocycles. The maximum absolute atomic E-state index is 5.97. The van der Waals surface area contributed by atoms with Gasteiger partial charge in [0.15, 0.2) is 5.58 Å². The molecule has 4 heteroatoms. The summed E-state index contributed by atoms with van der Waals surface area (Å²) in [5.41, 5.74) is 2.66. The molecule has 0 aliphatic carbocycles. The van der Waals surface area contributed by atoms with Gasteiger partial charge in [-0.05, 0) is 18.6 Å². The summed E-state index contributed by atoms with van der Waals surface area (Å²) in [4.78, 5) is 4.30. The number of aryl methyl sites for hydroxylation is 1. The third-order valence-electron chi connectivity index (χ3n) is 2.37. The third kappa shape index (κ3) is 1.94. The van der Waals surface area contributed by atoms with E-state index < -0.39 is 8.07 Å². The Kier molecular flexibility index (Phi) is 2.39. The van der Waals surface area contributed by atoms with Crippen LogP contribution in [0.15, 0.2) is 16.5 Å². The number of hydrogen-bond donors (Lipinski definition) is 0. The van der Waals surface area contributed by atoms with E-state index in [4.69, 9.17) is 16.0 Å². The van der Waals surface area contributed by atoms with Crippen LogP contribution in [0.3, 0.4) is 0 Å². The van der Waals surface area contributed by atoms with Crippen LogP contribution in [0.4, 0.5) is 0 Å². The van der Waals surface area contributed by atoms with Crippen molar-refractivity contribution < 1.29 is 4.42 Å². The van der Waals surface area contributed by atoms with Crippen LogP contribution < -0.4 is 5.38 Å². The van der Waals surface area contributed by atoms with Crippen LogP contribution >= 0.6 is 11.6 Å². The van der Waals surface area contributed by atoms with Crippen molar-refractivity contribution in [1.82, 2.24) is 4.98 Å². The zero-order valence-corrected chi connectivity index (χ0v) is 11.1. The molecule has 2 aromatic rings. The van der Waals surface area contributed by atoms with Crippen molar-refractivity contribution in [3.63, 3.8) is 0 Å². The largest absolute Gasteiger partial charge is 0.465 e. The molecule has 0 aliphatic rings. The highest BCUT2D eigenvalue weighted by atomic mass is 35.5. The quantitative estimate of drug-likeness (QED) is 0.564. The molecule has 80 valence electrons. The fraction of sp³-hybridized carbons (Fsp3) is 0.364. The van der Waals surface area contributed by atoms with E-state index in [1.165, 1.54) is 0 Å². The van der Waals surface area contributed by atoms with Crippen molar-refractivity contribution in [3.8, 4) is 0 Å². The molecule has 2 heterocycles. The number of fused-ring (bicyclic) bond motifs is 1. The summed E-state index contributed by atoms with van der Waals surface area (Å²) < 4.78 is 5.81. The molecule has 0 bridgehead atoms. The smallest absolute Gasteiger partial charge is 0.152 e. The molecule has 2 aromatic heterocycles. The number of rotatable bonds is 1. The number of halogens is 1. The predicted molar refractivity (Wildman–Crippen MR) is 66.7 cm³/mol. The highest BCUT2D eigenvalue weighted by molar-refractivity contribution is 6.87. The molecule has 0 spiro atoms. The molecule has 2 nitrogen and oxygen atoms in total. The lowest BCUT2D eigenvalue weighted by Crippen LogP contribution is -2.36. The molecule has 0 aromatic carbocycles. The molecule has 0 fully saturated rings. The van der Waals surface area contributed by atoms with Gasteiger partial charge in [-0.2, -0.15) is 0 Å². The highest BCUT2D eigenvalue weighted by Crippen LogP contribution is 2.21. The van der Waals surface area contributed by atoms with Crippen molar-refractivity contribution in [1.29, 1.82) is 0 Å². The van der Waals surface area contributed by atoms with E-state index in [2.05, 4.69) is 24.6 Å². The minimum absolute atomic E-state index is 0.561. The Bertz CT molecular complexity index is 474. The summed E-state index contributed by atoms with van der Waals surface area (Å²) in [5, 5.41) is 1.64. The second-order valence-corrected chi connectivity index (χ2v) is 10.2. The molecule has 0 radical (unpaired) electrons. The van der Waals surface area contributed by atoms with Gasteiger partial charge < -0.3 is 4.42 Å². The van der Waals surface area contributed by atoms with Crippen LogP contribution in [-0.2, 0) is 0 Å². The molecule has 2 rings (SSSR count). The maximum atomic E-state index is 5.97. The van der Waals surface area contributed by atoms with E-state index in [-0.39, 0.29) is 0 Å². The maximum Gasteiger partial charge on any atom is 0.152 e. The average molecular weight is 240 g/mol. The Balaban J connectivity index is 2.66. The van der Waals surface area contributed by atoms with Crippen molar-refractivity contribution in [2.24, 2.45) is 0 Å². The van der Waals surface area contributed by atoms with Gasteiger partial charge in [0, 0.05) is 6.07 Å². The monoisotopic (exact) mass is 239 g/mol. The summed E-state index contributed by atoms with van der Waals surface area (Å²) in [5.74, 6) is 0. The first-order valence-electron chi connectivity index (χ1n) is 4.95. The molecule has 0 unspecified atom stereocenters. The number of aromatic nitrogens is 1. The molecule has 0 amide bonds. The zero-order valence-electron chi connectivity index (χ0n) is 9.39. The van der Waals surface area contributed by atoms with E-state index >= 15 is 0 Å². The normalized spacial score (nSPS) is 12.3. The first-order chi connectivity index (χ1) is 6.88. The molecule has 0 atom stereocenters. The van der Waals surface area contributed by atoms with E-state index in [1.54, 1.807) is 0 Å². The van der Waals surface area contributed by atoms with Crippen LogP contribution in [-0.4, -0.2) is 13.1 Å². The number of nitrogens with zero attached hydrogens (tertiary/aromatic N) is 1. The summed E-state index contributed by atoms with van der Waals surface area (Å²) in [6.07, 6.45) is 0. The number of hydrogen-bond acceptors (Lipinski definition) is 2. The van der Waals surface area contributed by atoms with E-state index in [9.17, 15) is 0 Å². The molecular weight excluding hydrogens is 226 g/mol. The Hall–Kier alpha value is -0.803. The highest BCUT2D eigenvalue weighted by Gasteiger charge is 2.22. The SMILES string of the molecule is Cc1cc2oc([Si](C)(C)C)cc2nc1Cl. The minimum atomic E-state index is -1.40. The number of furan rings is 1. The van der Waals surface area contributed by atoms with Crippen LogP contribution in [0.25, 0.3) is 11.1 Å². The third-order valence-corrected chi connectivity index (χ3v) is 4.48. The van der Waals surface area contributed by atoms with Crippen LogP contribution in [0.5, 0.6) is 0 Å². The molecule has 0 saturated carbocycles. The van der Waals surface area contributed by atoms with E-state index in [0.717, 1.165) is 22.0 Å². The van der Waals surface area contributed by atoms with Crippen molar-refractivity contribution in [3.05, 3.63) is 22.8 Å². The van der Waals surface area contributed by atoms with Crippen molar-refractivity contribution >= 4 is 36.2 Å². The fourth-order valence-electron chi connectivity index (χ4n) is 1.41. The molecular formula is C11H14ClNOSi.